The molecule has 2 N–H and O–H groups in total. The molecule has 1 saturated heterocycles. The third-order valence-corrected chi connectivity index (χ3v) is 3.10. The van der Waals surface area contributed by atoms with Gasteiger partial charge in [0, 0.05) is 31.9 Å². The third-order valence-electron chi connectivity index (χ3n) is 3.10. The standard InChI is InChI=1S/C13H19N4O2/c1-2-19-15-13(18)17-9-7-16(8-10-17)12-5-3-11(14)4-6-12/h3-6,14H,2,7-10H2,1H3,(H,15,18). The summed E-state index contributed by atoms with van der Waals surface area (Å²) in [5.41, 5.74) is 11.5. The number of carbonyl (C=O) groups excluding carboxylic acids is 1. The molecule has 1 aromatic rings. The highest BCUT2D eigenvalue weighted by Gasteiger charge is 2.21. The molecule has 6 nitrogen and oxygen atoms in total. The lowest BCUT2D eigenvalue weighted by atomic mass is 10.2. The maximum Gasteiger partial charge on any atom is 0.341 e. The van der Waals surface area contributed by atoms with Crippen molar-refractivity contribution in [3.8, 4) is 0 Å². The molecule has 1 aliphatic heterocycles. The number of hydrogen-bond acceptors (Lipinski definition) is 3. The molecule has 1 heterocycles. The van der Waals surface area contributed by atoms with Crippen molar-refractivity contribution in [2.24, 2.45) is 0 Å². The second-order valence-corrected chi connectivity index (χ2v) is 4.36. The van der Waals surface area contributed by atoms with Crippen molar-refractivity contribution in [3.63, 3.8) is 0 Å². The Balaban J connectivity index is 1.85. The van der Waals surface area contributed by atoms with Gasteiger partial charge in [-0.3, -0.25) is 4.84 Å². The minimum absolute atomic E-state index is 0.178. The molecule has 2 rings (SSSR count). The van der Waals surface area contributed by atoms with Gasteiger partial charge in [-0.05, 0) is 31.2 Å². The van der Waals surface area contributed by atoms with Crippen molar-refractivity contribution >= 4 is 17.4 Å². The van der Waals surface area contributed by atoms with E-state index in [1.165, 1.54) is 0 Å². The van der Waals surface area contributed by atoms with Crippen LogP contribution in [0.4, 0.5) is 16.2 Å². The predicted molar refractivity (Wildman–Crippen MR) is 73.1 cm³/mol. The molecule has 1 aliphatic rings. The lowest BCUT2D eigenvalue weighted by molar-refractivity contribution is 0.0550. The highest BCUT2D eigenvalue weighted by atomic mass is 16.7. The number of piperazine rings is 1. The first kappa shape index (κ1) is 13.5. The fraction of sp³-hybridized carbons (Fsp3) is 0.462. The summed E-state index contributed by atoms with van der Waals surface area (Å²) < 4.78 is 0. The number of rotatable bonds is 3. The fourth-order valence-electron chi connectivity index (χ4n) is 2.04. The van der Waals surface area contributed by atoms with E-state index in [0.29, 0.717) is 25.4 Å². The van der Waals surface area contributed by atoms with E-state index in [9.17, 15) is 4.79 Å². The normalized spacial score (nSPS) is 15.4. The van der Waals surface area contributed by atoms with E-state index in [-0.39, 0.29) is 6.03 Å². The molecule has 0 atom stereocenters. The van der Waals surface area contributed by atoms with Crippen LogP contribution in [0.1, 0.15) is 6.92 Å². The molecular formula is C13H19N4O2. The van der Waals surface area contributed by atoms with Crippen molar-refractivity contribution in [1.82, 2.24) is 16.1 Å². The van der Waals surface area contributed by atoms with Gasteiger partial charge in [-0.2, -0.15) is 0 Å². The van der Waals surface area contributed by atoms with Gasteiger partial charge in [0.25, 0.3) is 0 Å². The van der Waals surface area contributed by atoms with E-state index in [1.54, 1.807) is 17.0 Å². The Hall–Kier alpha value is -1.95. The molecule has 0 saturated carbocycles. The summed E-state index contributed by atoms with van der Waals surface area (Å²) in [5, 5.41) is 0. The molecule has 1 fully saturated rings. The molecule has 0 aliphatic carbocycles. The van der Waals surface area contributed by atoms with Crippen LogP contribution in [0, 0.1) is 0 Å². The maximum atomic E-state index is 11.7. The number of nitrogens with one attached hydrogen (secondary N) is 2. The van der Waals surface area contributed by atoms with Gasteiger partial charge < -0.3 is 15.5 Å². The van der Waals surface area contributed by atoms with Crippen LogP contribution >= 0.6 is 0 Å². The van der Waals surface area contributed by atoms with Crippen molar-refractivity contribution in [2.75, 3.05) is 37.7 Å². The van der Waals surface area contributed by atoms with Crippen LogP contribution in [0.25, 0.3) is 0 Å². The maximum absolute atomic E-state index is 11.7. The minimum atomic E-state index is -0.178. The van der Waals surface area contributed by atoms with E-state index >= 15 is 0 Å². The average molecular weight is 263 g/mol. The van der Waals surface area contributed by atoms with Crippen LogP contribution in [0.5, 0.6) is 0 Å². The zero-order chi connectivity index (χ0) is 13.7. The summed E-state index contributed by atoms with van der Waals surface area (Å²) >= 11 is 0. The van der Waals surface area contributed by atoms with Gasteiger partial charge in [0.1, 0.15) is 0 Å². The quantitative estimate of drug-likeness (QED) is 0.838. The monoisotopic (exact) mass is 263 g/mol. The smallest absolute Gasteiger partial charge is 0.341 e. The number of nitrogens with zero attached hydrogens (tertiary/aromatic N) is 2. The van der Waals surface area contributed by atoms with Crippen LogP contribution in [0.15, 0.2) is 24.3 Å². The highest BCUT2D eigenvalue weighted by Crippen LogP contribution is 2.18. The van der Waals surface area contributed by atoms with Crippen molar-refractivity contribution in [1.29, 1.82) is 0 Å². The summed E-state index contributed by atoms with van der Waals surface area (Å²) in [6, 6.07) is 7.27. The number of hydroxylamine groups is 1. The Morgan fingerprint density at radius 1 is 1.26 bits per heavy atom. The Bertz CT molecular complexity index is 413. The molecule has 1 radical (unpaired) electrons. The van der Waals surface area contributed by atoms with Crippen molar-refractivity contribution in [3.05, 3.63) is 24.3 Å². The summed E-state index contributed by atoms with van der Waals surface area (Å²) in [5.74, 6) is 0. The van der Waals surface area contributed by atoms with Gasteiger partial charge in [0.2, 0.25) is 0 Å². The van der Waals surface area contributed by atoms with Crippen LogP contribution < -0.4 is 16.1 Å². The summed E-state index contributed by atoms with van der Waals surface area (Å²) in [6.45, 7) is 5.20. The molecule has 6 heteroatoms. The zero-order valence-electron chi connectivity index (χ0n) is 11.1. The first-order valence-electron chi connectivity index (χ1n) is 6.44. The number of anilines is 1. The van der Waals surface area contributed by atoms with Gasteiger partial charge in [0.15, 0.2) is 0 Å². The SMILES string of the molecule is CCONC(=O)N1CCN(c2ccc([NH])cc2)CC1. The number of carbonyl (C=O) groups is 1. The fourth-order valence-corrected chi connectivity index (χ4v) is 2.04. The molecule has 0 aromatic heterocycles. The number of benzene rings is 1. The lowest BCUT2D eigenvalue weighted by Gasteiger charge is -2.35. The summed E-state index contributed by atoms with van der Waals surface area (Å²) in [6.07, 6.45) is 0. The van der Waals surface area contributed by atoms with Gasteiger partial charge in [-0.15, -0.1) is 0 Å². The van der Waals surface area contributed by atoms with E-state index in [2.05, 4.69) is 10.4 Å². The second-order valence-electron chi connectivity index (χ2n) is 4.36. The predicted octanol–water partition coefficient (Wildman–Crippen LogP) is 1.38. The Morgan fingerprint density at radius 3 is 2.47 bits per heavy atom. The van der Waals surface area contributed by atoms with Crippen LogP contribution in [-0.2, 0) is 4.84 Å². The van der Waals surface area contributed by atoms with Crippen LogP contribution in [0.3, 0.4) is 0 Å². The molecule has 19 heavy (non-hydrogen) atoms. The topological polar surface area (TPSA) is 68.6 Å². The Labute approximate surface area is 113 Å². The third kappa shape index (κ3) is 3.51. The molecular weight excluding hydrogens is 244 g/mol. The molecule has 0 unspecified atom stereocenters. The first-order chi connectivity index (χ1) is 9.20. The Morgan fingerprint density at radius 2 is 1.89 bits per heavy atom. The van der Waals surface area contributed by atoms with Gasteiger partial charge in [-0.25, -0.2) is 10.3 Å². The number of urea groups is 1. The molecule has 103 valence electrons. The van der Waals surface area contributed by atoms with Crippen molar-refractivity contribution in [2.45, 2.75) is 6.92 Å². The average Bonchev–Trinajstić information content (AvgIpc) is 2.46. The molecule has 2 amide bonds. The number of hydrogen-bond donors (Lipinski definition) is 1. The van der Waals surface area contributed by atoms with E-state index in [4.69, 9.17) is 10.6 Å². The number of amides is 2. The molecule has 0 spiro atoms. The first-order valence-corrected chi connectivity index (χ1v) is 6.44. The van der Waals surface area contributed by atoms with Gasteiger partial charge in [-0.1, -0.05) is 0 Å². The zero-order valence-corrected chi connectivity index (χ0v) is 11.1. The van der Waals surface area contributed by atoms with Crippen LogP contribution in [0.2, 0.25) is 0 Å². The highest BCUT2D eigenvalue weighted by molar-refractivity contribution is 5.73. The van der Waals surface area contributed by atoms with E-state index in [0.717, 1.165) is 18.8 Å². The van der Waals surface area contributed by atoms with Gasteiger partial charge >= 0.3 is 6.03 Å². The summed E-state index contributed by atoms with van der Waals surface area (Å²) in [7, 11) is 0. The van der Waals surface area contributed by atoms with Crippen LogP contribution in [-0.4, -0.2) is 43.7 Å². The van der Waals surface area contributed by atoms with Gasteiger partial charge in [0.05, 0.1) is 12.3 Å². The molecule has 1 aromatic carbocycles. The Kier molecular flexibility index (Phi) is 4.46. The second kappa shape index (κ2) is 6.29. The van der Waals surface area contributed by atoms with E-state index in [1.807, 2.05) is 19.1 Å². The summed E-state index contributed by atoms with van der Waals surface area (Å²) in [4.78, 5) is 20.5. The lowest BCUT2D eigenvalue weighted by Crippen LogP contribution is -2.51. The molecule has 0 bridgehead atoms. The minimum Gasteiger partial charge on any atom is -0.368 e. The van der Waals surface area contributed by atoms with Crippen molar-refractivity contribution < 1.29 is 9.63 Å². The van der Waals surface area contributed by atoms with E-state index < -0.39 is 0 Å². The largest absolute Gasteiger partial charge is 0.368 e.